The Morgan fingerprint density at radius 3 is 2.57 bits per heavy atom. The van der Waals surface area contributed by atoms with Gasteiger partial charge in [-0.25, -0.2) is 13.4 Å². The van der Waals surface area contributed by atoms with Crippen molar-refractivity contribution < 1.29 is 13.2 Å². The van der Waals surface area contributed by atoms with Crippen molar-refractivity contribution in [2.75, 3.05) is 11.8 Å². The number of methoxy groups -OCH3 is 1. The lowest BCUT2D eigenvalue weighted by Gasteiger charge is -2.13. The highest BCUT2D eigenvalue weighted by atomic mass is 35.5. The Kier molecular flexibility index (Phi) is 5.17. The first-order valence-corrected chi connectivity index (χ1v) is 11.1. The summed E-state index contributed by atoms with van der Waals surface area (Å²) in [5, 5.41) is 0.228. The van der Waals surface area contributed by atoms with Gasteiger partial charge in [0, 0.05) is 18.0 Å². The first-order valence-electron chi connectivity index (χ1n) is 9.20. The smallest absolute Gasteiger partial charge is 0.261 e. The van der Waals surface area contributed by atoms with Gasteiger partial charge in [-0.1, -0.05) is 29.8 Å². The molecule has 1 N–H and O–H groups in total. The number of imidazole rings is 1. The summed E-state index contributed by atoms with van der Waals surface area (Å²) in [4.78, 5) is 4.75. The van der Waals surface area contributed by atoms with E-state index in [1.54, 1.807) is 6.07 Å². The molecule has 0 saturated heterocycles. The first-order chi connectivity index (χ1) is 14.3. The Labute approximate surface area is 180 Å². The van der Waals surface area contributed by atoms with Gasteiger partial charge in [0.2, 0.25) is 0 Å². The van der Waals surface area contributed by atoms with Crippen LogP contribution in [0.4, 0.5) is 5.69 Å². The van der Waals surface area contributed by atoms with E-state index in [1.165, 1.54) is 25.3 Å². The number of hydrogen-bond acceptors (Lipinski definition) is 4. The van der Waals surface area contributed by atoms with Crippen LogP contribution in [-0.2, 0) is 10.0 Å². The Morgan fingerprint density at radius 2 is 1.87 bits per heavy atom. The minimum Gasteiger partial charge on any atom is -0.495 e. The second-order valence-electron chi connectivity index (χ2n) is 6.98. The third-order valence-corrected chi connectivity index (χ3v) is 6.55. The fourth-order valence-corrected chi connectivity index (χ4v) is 4.67. The molecule has 0 unspecified atom stereocenters. The molecule has 0 radical (unpaired) electrons. The van der Waals surface area contributed by atoms with Crippen molar-refractivity contribution in [2.24, 2.45) is 0 Å². The van der Waals surface area contributed by atoms with Crippen LogP contribution in [0.1, 0.15) is 11.1 Å². The maximum atomic E-state index is 12.9. The van der Waals surface area contributed by atoms with Crippen LogP contribution in [-0.4, -0.2) is 24.9 Å². The van der Waals surface area contributed by atoms with E-state index in [2.05, 4.69) is 4.72 Å². The number of hydrogen-bond donors (Lipinski definition) is 1. The Balaban J connectivity index is 1.71. The molecule has 0 bridgehead atoms. The lowest BCUT2D eigenvalue weighted by Crippen LogP contribution is -2.14. The number of rotatable bonds is 5. The molecule has 0 aliphatic heterocycles. The Bertz CT molecular complexity index is 1360. The van der Waals surface area contributed by atoms with Gasteiger partial charge in [0.25, 0.3) is 10.0 Å². The van der Waals surface area contributed by atoms with E-state index in [0.29, 0.717) is 11.4 Å². The predicted octanol–water partition coefficient (Wildman–Crippen LogP) is 5.08. The number of sulfonamides is 1. The van der Waals surface area contributed by atoms with E-state index in [1.807, 2.05) is 54.9 Å². The molecule has 0 aliphatic rings. The van der Waals surface area contributed by atoms with E-state index >= 15 is 0 Å². The monoisotopic (exact) mass is 441 g/mol. The second-order valence-corrected chi connectivity index (χ2v) is 9.07. The molecule has 0 amide bonds. The maximum Gasteiger partial charge on any atom is 0.261 e. The molecule has 6 nitrogen and oxygen atoms in total. The number of aromatic nitrogens is 2. The third kappa shape index (κ3) is 3.74. The van der Waals surface area contributed by atoms with Crippen molar-refractivity contribution in [3.8, 4) is 17.0 Å². The first kappa shape index (κ1) is 20.3. The molecule has 0 spiro atoms. The summed E-state index contributed by atoms with van der Waals surface area (Å²) in [6.07, 6.45) is 3.86. The molecule has 0 fully saturated rings. The van der Waals surface area contributed by atoms with Gasteiger partial charge >= 0.3 is 0 Å². The largest absolute Gasteiger partial charge is 0.495 e. The number of nitrogens with zero attached hydrogens (tertiary/aromatic N) is 2. The van der Waals surface area contributed by atoms with Gasteiger partial charge in [0.05, 0.1) is 28.4 Å². The van der Waals surface area contributed by atoms with Gasteiger partial charge in [-0.2, -0.15) is 0 Å². The highest BCUT2D eigenvalue weighted by Gasteiger charge is 2.18. The number of anilines is 1. The van der Waals surface area contributed by atoms with Gasteiger partial charge in [-0.15, -0.1) is 0 Å². The molecule has 0 saturated carbocycles. The average Bonchev–Trinajstić information content (AvgIpc) is 3.15. The van der Waals surface area contributed by atoms with Gasteiger partial charge in [0.1, 0.15) is 11.4 Å². The molecule has 0 atom stereocenters. The van der Waals surface area contributed by atoms with Gasteiger partial charge in [-0.05, 0) is 55.3 Å². The molecule has 154 valence electrons. The third-order valence-electron chi connectivity index (χ3n) is 4.89. The summed E-state index contributed by atoms with van der Waals surface area (Å²) in [6.45, 7) is 3.84. The maximum absolute atomic E-state index is 12.9. The van der Waals surface area contributed by atoms with Gasteiger partial charge in [0.15, 0.2) is 0 Å². The highest BCUT2D eigenvalue weighted by molar-refractivity contribution is 7.92. The fraction of sp³-hybridized carbons (Fsp3) is 0.136. The number of fused-ring (bicyclic) bond motifs is 1. The molecule has 4 rings (SSSR count). The normalized spacial score (nSPS) is 11.6. The molecule has 2 heterocycles. The van der Waals surface area contributed by atoms with Crippen LogP contribution in [0.25, 0.3) is 16.9 Å². The van der Waals surface area contributed by atoms with E-state index < -0.39 is 10.0 Å². The molecule has 2 aromatic heterocycles. The molecule has 0 aliphatic carbocycles. The number of pyridine rings is 1. The minimum absolute atomic E-state index is 0.0569. The van der Waals surface area contributed by atoms with E-state index in [4.69, 9.17) is 21.3 Å². The molecule has 4 aromatic rings. The van der Waals surface area contributed by atoms with Crippen LogP contribution >= 0.6 is 11.6 Å². The number of nitrogens with one attached hydrogen (secondary N) is 1. The number of halogens is 1. The highest BCUT2D eigenvalue weighted by Crippen LogP contribution is 2.30. The van der Waals surface area contributed by atoms with Crippen LogP contribution in [0.2, 0.25) is 5.02 Å². The van der Waals surface area contributed by atoms with E-state index in [9.17, 15) is 8.42 Å². The van der Waals surface area contributed by atoms with Crippen LogP contribution in [0.5, 0.6) is 5.75 Å². The zero-order chi connectivity index (χ0) is 21.5. The standard InChI is InChI=1S/C22H20ClN3O3S/c1-14-6-7-16(20-13-26-10-4-5-15(2)22(26)24-20)11-19(14)25-30(27,28)17-8-9-21(29-3)18(23)12-17/h4-13,25H,1-3H3. The minimum atomic E-state index is -3.83. The van der Waals surface area contributed by atoms with Crippen molar-refractivity contribution in [3.05, 3.63) is 77.1 Å². The molecular weight excluding hydrogens is 422 g/mol. The van der Waals surface area contributed by atoms with Crippen molar-refractivity contribution in [2.45, 2.75) is 18.7 Å². The van der Waals surface area contributed by atoms with Crippen molar-refractivity contribution >= 4 is 33.0 Å². The van der Waals surface area contributed by atoms with Crippen LogP contribution in [0.3, 0.4) is 0 Å². The molecular formula is C22H20ClN3O3S. The zero-order valence-electron chi connectivity index (χ0n) is 16.7. The van der Waals surface area contributed by atoms with Gasteiger partial charge < -0.3 is 9.14 Å². The van der Waals surface area contributed by atoms with Crippen molar-refractivity contribution in [3.63, 3.8) is 0 Å². The topological polar surface area (TPSA) is 72.7 Å². The van der Waals surface area contributed by atoms with Crippen LogP contribution in [0.15, 0.2) is 65.8 Å². The summed E-state index contributed by atoms with van der Waals surface area (Å²) in [7, 11) is -2.35. The summed E-state index contributed by atoms with van der Waals surface area (Å²) in [5.74, 6) is 0.413. The predicted molar refractivity (Wildman–Crippen MR) is 119 cm³/mol. The lowest BCUT2D eigenvalue weighted by atomic mass is 10.1. The fourth-order valence-electron chi connectivity index (χ4n) is 3.20. The molecule has 30 heavy (non-hydrogen) atoms. The van der Waals surface area contributed by atoms with Crippen LogP contribution in [0, 0.1) is 13.8 Å². The second kappa shape index (κ2) is 7.66. The SMILES string of the molecule is COc1ccc(S(=O)(=O)Nc2cc(-c3cn4cccc(C)c4n3)ccc2C)cc1Cl. The molecule has 2 aromatic carbocycles. The number of aryl methyl sites for hydroxylation is 2. The quantitative estimate of drug-likeness (QED) is 0.468. The zero-order valence-corrected chi connectivity index (χ0v) is 18.3. The van der Waals surface area contributed by atoms with Gasteiger partial charge in [-0.3, -0.25) is 4.72 Å². The Hall–Kier alpha value is -3.03. The Morgan fingerprint density at radius 1 is 1.07 bits per heavy atom. The average molecular weight is 442 g/mol. The summed E-state index contributed by atoms with van der Waals surface area (Å²) < 4.78 is 35.5. The van der Waals surface area contributed by atoms with Crippen molar-refractivity contribution in [1.29, 1.82) is 0 Å². The van der Waals surface area contributed by atoms with Crippen molar-refractivity contribution in [1.82, 2.24) is 9.38 Å². The number of benzene rings is 2. The number of ether oxygens (including phenoxy) is 1. The van der Waals surface area contributed by atoms with Crippen LogP contribution < -0.4 is 9.46 Å². The van der Waals surface area contributed by atoms with E-state index in [-0.39, 0.29) is 9.92 Å². The lowest BCUT2D eigenvalue weighted by molar-refractivity contribution is 0.414. The molecule has 8 heteroatoms. The summed E-state index contributed by atoms with van der Waals surface area (Å²) in [5.41, 5.74) is 4.78. The summed E-state index contributed by atoms with van der Waals surface area (Å²) in [6, 6.07) is 13.9. The summed E-state index contributed by atoms with van der Waals surface area (Å²) >= 11 is 6.10. The van der Waals surface area contributed by atoms with E-state index in [0.717, 1.165) is 28.0 Å².